The molecule has 0 saturated heterocycles. The number of thiazole rings is 1. The maximum atomic E-state index is 12.8. The zero-order valence-electron chi connectivity index (χ0n) is 15.1. The highest BCUT2D eigenvalue weighted by atomic mass is 32.1. The van der Waals surface area contributed by atoms with Gasteiger partial charge in [0.2, 0.25) is 11.8 Å². The Kier molecular flexibility index (Phi) is 4.49. The van der Waals surface area contributed by atoms with E-state index in [-0.39, 0.29) is 18.2 Å². The van der Waals surface area contributed by atoms with E-state index in [9.17, 15) is 9.59 Å². The van der Waals surface area contributed by atoms with Crippen LogP contribution in [0.15, 0.2) is 47.8 Å². The van der Waals surface area contributed by atoms with Crippen molar-refractivity contribution in [2.24, 2.45) is 0 Å². The first-order chi connectivity index (χ1) is 13.0. The monoisotopic (exact) mass is 377 g/mol. The van der Waals surface area contributed by atoms with Crippen LogP contribution in [0.5, 0.6) is 0 Å². The normalized spacial score (nSPS) is 15.8. The number of nitrogens with one attached hydrogen (secondary N) is 2. The number of hydrogen-bond donors (Lipinski definition) is 2. The quantitative estimate of drug-likeness (QED) is 0.706. The second kappa shape index (κ2) is 6.96. The van der Waals surface area contributed by atoms with Crippen LogP contribution < -0.4 is 10.6 Å². The summed E-state index contributed by atoms with van der Waals surface area (Å²) in [5.41, 5.74) is 5.75. The minimum absolute atomic E-state index is 0.137. The fourth-order valence-electron chi connectivity index (χ4n) is 3.30. The average molecular weight is 377 g/mol. The van der Waals surface area contributed by atoms with Gasteiger partial charge in [0.1, 0.15) is 0 Å². The van der Waals surface area contributed by atoms with E-state index in [2.05, 4.69) is 33.8 Å². The largest absolute Gasteiger partial charge is 0.326 e. The zero-order valence-corrected chi connectivity index (χ0v) is 15.9. The lowest BCUT2D eigenvalue weighted by molar-refractivity contribution is -0.123. The van der Waals surface area contributed by atoms with Crippen LogP contribution in [0, 0.1) is 13.8 Å². The van der Waals surface area contributed by atoms with Gasteiger partial charge in [0.15, 0.2) is 5.13 Å². The molecule has 0 aliphatic carbocycles. The number of fused-ring (bicyclic) bond motifs is 1. The number of nitrogens with zero attached hydrogens (tertiary/aromatic N) is 1. The van der Waals surface area contributed by atoms with Crippen molar-refractivity contribution >= 4 is 34.0 Å². The standard InChI is InChI=1S/C21H19N3O2S/c1-12-7-8-13(2)15(9-12)18-11-27-21(23-18)24-20(26)16-10-19(25)22-17-6-4-3-5-14(16)17/h3-9,11,16H,10H2,1-2H3,(H,22,25)(H,23,24,26). The molecule has 4 rings (SSSR count). The molecule has 1 aliphatic heterocycles. The molecule has 1 aromatic heterocycles. The molecule has 2 aromatic carbocycles. The molecule has 1 atom stereocenters. The van der Waals surface area contributed by atoms with E-state index in [1.807, 2.05) is 43.5 Å². The van der Waals surface area contributed by atoms with Gasteiger partial charge >= 0.3 is 0 Å². The minimum atomic E-state index is -0.511. The van der Waals surface area contributed by atoms with Gasteiger partial charge in [-0.25, -0.2) is 4.98 Å². The summed E-state index contributed by atoms with van der Waals surface area (Å²) in [6.07, 6.45) is 0.137. The SMILES string of the molecule is Cc1ccc(C)c(-c2csc(NC(=O)C3CC(=O)Nc4ccccc43)n2)c1. The third-order valence-electron chi connectivity index (χ3n) is 4.72. The predicted molar refractivity (Wildman–Crippen MR) is 108 cm³/mol. The molecule has 3 aromatic rings. The summed E-state index contributed by atoms with van der Waals surface area (Å²) >= 11 is 1.39. The number of benzene rings is 2. The number of rotatable bonds is 3. The van der Waals surface area contributed by atoms with Crippen molar-refractivity contribution in [1.82, 2.24) is 4.98 Å². The second-order valence-electron chi connectivity index (χ2n) is 6.74. The number of carbonyl (C=O) groups excluding carboxylic acids is 2. The van der Waals surface area contributed by atoms with Crippen LogP contribution in [0.2, 0.25) is 0 Å². The van der Waals surface area contributed by atoms with Gasteiger partial charge in [-0.05, 0) is 37.1 Å². The van der Waals surface area contributed by atoms with Gasteiger partial charge in [-0.15, -0.1) is 11.3 Å². The lowest BCUT2D eigenvalue weighted by Gasteiger charge is -2.24. The van der Waals surface area contributed by atoms with Gasteiger partial charge in [0, 0.05) is 23.1 Å². The molecule has 6 heteroatoms. The number of anilines is 2. The average Bonchev–Trinajstić information content (AvgIpc) is 3.11. The first-order valence-corrected chi connectivity index (χ1v) is 9.62. The Bertz CT molecular complexity index is 1040. The summed E-state index contributed by atoms with van der Waals surface area (Å²) in [6, 6.07) is 13.6. The van der Waals surface area contributed by atoms with Gasteiger partial charge in [-0.3, -0.25) is 9.59 Å². The van der Waals surface area contributed by atoms with Crippen LogP contribution in [-0.2, 0) is 9.59 Å². The third-order valence-corrected chi connectivity index (χ3v) is 5.48. The van der Waals surface area contributed by atoms with Crippen LogP contribution in [0.1, 0.15) is 29.0 Å². The highest BCUT2D eigenvalue weighted by Gasteiger charge is 2.30. The van der Waals surface area contributed by atoms with Crippen LogP contribution in [0.25, 0.3) is 11.3 Å². The molecule has 1 aliphatic rings. The van der Waals surface area contributed by atoms with Gasteiger partial charge in [0.05, 0.1) is 11.6 Å². The number of aryl methyl sites for hydroxylation is 2. The van der Waals surface area contributed by atoms with Crippen molar-refractivity contribution in [3.05, 3.63) is 64.5 Å². The molecule has 27 heavy (non-hydrogen) atoms. The van der Waals surface area contributed by atoms with E-state index in [1.165, 1.54) is 16.9 Å². The topological polar surface area (TPSA) is 71.1 Å². The van der Waals surface area contributed by atoms with Crippen LogP contribution >= 0.6 is 11.3 Å². The van der Waals surface area contributed by atoms with E-state index in [0.717, 1.165) is 22.4 Å². The first kappa shape index (κ1) is 17.4. The van der Waals surface area contributed by atoms with E-state index in [1.54, 1.807) is 0 Å². The number of para-hydroxylation sites is 1. The lowest BCUT2D eigenvalue weighted by Crippen LogP contribution is -2.30. The van der Waals surface area contributed by atoms with Crippen molar-refractivity contribution in [2.75, 3.05) is 10.6 Å². The molecule has 0 saturated carbocycles. The molecule has 0 fully saturated rings. The minimum Gasteiger partial charge on any atom is -0.326 e. The first-order valence-electron chi connectivity index (χ1n) is 8.74. The molecule has 1 unspecified atom stereocenters. The molecule has 5 nitrogen and oxygen atoms in total. The van der Waals surface area contributed by atoms with Gasteiger partial charge in [0.25, 0.3) is 0 Å². The molecule has 0 spiro atoms. The number of aromatic nitrogens is 1. The molecular formula is C21H19N3O2S. The lowest BCUT2D eigenvalue weighted by atomic mass is 9.90. The zero-order chi connectivity index (χ0) is 19.0. The fourth-order valence-corrected chi connectivity index (χ4v) is 4.02. The Labute approximate surface area is 161 Å². The van der Waals surface area contributed by atoms with Gasteiger partial charge in [-0.1, -0.05) is 35.9 Å². The molecule has 2 heterocycles. The van der Waals surface area contributed by atoms with Crippen LogP contribution in [0.4, 0.5) is 10.8 Å². The molecule has 0 radical (unpaired) electrons. The summed E-state index contributed by atoms with van der Waals surface area (Å²) in [5, 5.41) is 8.18. The van der Waals surface area contributed by atoms with Gasteiger partial charge in [-0.2, -0.15) is 0 Å². The Morgan fingerprint density at radius 2 is 2.04 bits per heavy atom. The number of amides is 2. The third kappa shape index (κ3) is 3.48. The fraction of sp³-hybridized carbons (Fsp3) is 0.190. The van der Waals surface area contributed by atoms with Crippen molar-refractivity contribution in [3.8, 4) is 11.3 Å². The summed E-state index contributed by atoms with van der Waals surface area (Å²) < 4.78 is 0. The molecule has 2 amide bonds. The van der Waals surface area contributed by atoms with Crippen molar-refractivity contribution in [2.45, 2.75) is 26.2 Å². The van der Waals surface area contributed by atoms with E-state index >= 15 is 0 Å². The molecule has 136 valence electrons. The smallest absolute Gasteiger partial charge is 0.234 e. The summed E-state index contributed by atoms with van der Waals surface area (Å²) in [4.78, 5) is 29.3. The highest BCUT2D eigenvalue weighted by molar-refractivity contribution is 7.14. The Hall–Kier alpha value is -2.99. The Morgan fingerprint density at radius 1 is 1.22 bits per heavy atom. The van der Waals surface area contributed by atoms with Crippen molar-refractivity contribution in [3.63, 3.8) is 0 Å². The Morgan fingerprint density at radius 3 is 2.89 bits per heavy atom. The molecular weight excluding hydrogens is 358 g/mol. The summed E-state index contributed by atoms with van der Waals surface area (Å²) in [5.74, 6) is -0.869. The van der Waals surface area contributed by atoms with Crippen molar-refractivity contribution in [1.29, 1.82) is 0 Å². The van der Waals surface area contributed by atoms with Crippen molar-refractivity contribution < 1.29 is 9.59 Å². The summed E-state index contributed by atoms with van der Waals surface area (Å²) in [6.45, 7) is 4.09. The van der Waals surface area contributed by atoms with Crippen LogP contribution in [-0.4, -0.2) is 16.8 Å². The number of carbonyl (C=O) groups is 2. The molecule has 0 bridgehead atoms. The maximum Gasteiger partial charge on any atom is 0.234 e. The van der Waals surface area contributed by atoms with E-state index < -0.39 is 5.92 Å². The second-order valence-corrected chi connectivity index (χ2v) is 7.60. The highest BCUT2D eigenvalue weighted by Crippen LogP contribution is 2.34. The van der Waals surface area contributed by atoms with Gasteiger partial charge < -0.3 is 10.6 Å². The molecule has 2 N–H and O–H groups in total. The Balaban J connectivity index is 1.57. The van der Waals surface area contributed by atoms with Crippen LogP contribution in [0.3, 0.4) is 0 Å². The maximum absolute atomic E-state index is 12.8. The van der Waals surface area contributed by atoms with E-state index in [4.69, 9.17) is 0 Å². The van der Waals surface area contributed by atoms with E-state index in [0.29, 0.717) is 10.8 Å². The summed E-state index contributed by atoms with van der Waals surface area (Å²) in [7, 11) is 0. The number of hydrogen-bond acceptors (Lipinski definition) is 4. The predicted octanol–water partition coefficient (Wildman–Crippen LogP) is 4.49.